The van der Waals surface area contributed by atoms with Crippen molar-refractivity contribution in [1.29, 1.82) is 0 Å². The summed E-state index contributed by atoms with van der Waals surface area (Å²) in [5.41, 5.74) is 3.62. The summed E-state index contributed by atoms with van der Waals surface area (Å²) in [5.74, 6) is 2.31. The molecule has 0 bridgehead atoms. The molecule has 0 aromatic heterocycles. The average Bonchev–Trinajstić information content (AvgIpc) is 2.56. The highest BCUT2D eigenvalue weighted by Crippen LogP contribution is 2.39. The Bertz CT molecular complexity index is 671. The van der Waals surface area contributed by atoms with Crippen molar-refractivity contribution in [3.05, 3.63) is 65.7 Å². The first-order chi connectivity index (χ1) is 10.7. The molecule has 0 saturated carbocycles. The van der Waals surface area contributed by atoms with Crippen LogP contribution in [0.1, 0.15) is 37.8 Å². The number of benzene rings is 2. The molecular weight excluding hydrogens is 270 g/mol. The molecule has 3 rings (SSSR count). The van der Waals surface area contributed by atoms with Gasteiger partial charge in [-0.05, 0) is 26.0 Å². The van der Waals surface area contributed by atoms with Crippen LogP contribution in [0, 0.1) is 0 Å². The lowest BCUT2D eigenvalue weighted by atomic mass is 9.95. The largest absolute Gasteiger partial charge is 0.457 e. The third kappa shape index (κ3) is 2.74. The Kier molecular flexibility index (Phi) is 4.19. The van der Waals surface area contributed by atoms with Gasteiger partial charge in [0.15, 0.2) is 0 Å². The Balaban J connectivity index is 1.95. The number of ether oxygens (including phenoxy) is 1. The fourth-order valence-corrected chi connectivity index (χ4v) is 3.00. The molecule has 2 heteroatoms. The molecule has 114 valence electrons. The first-order valence-corrected chi connectivity index (χ1v) is 8.07. The molecule has 22 heavy (non-hydrogen) atoms. The fraction of sp³-hybridized carbons (Fsp3) is 0.300. The van der Waals surface area contributed by atoms with Crippen LogP contribution in [0.25, 0.3) is 5.76 Å². The minimum Gasteiger partial charge on any atom is -0.457 e. The van der Waals surface area contributed by atoms with Gasteiger partial charge in [-0.2, -0.15) is 0 Å². The second kappa shape index (κ2) is 6.27. The van der Waals surface area contributed by atoms with Gasteiger partial charge in [-0.25, -0.2) is 0 Å². The van der Waals surface area contributed by atoms with Crippen molar-refractivity contribution >= 4 is 11.4 Å². The molecule has 0 spiro atoms. The molecule has 1 unspecified atom stereocenters. The normalized spacial score (nSPS) is 16.5. The Labute approximate surface area is 133 Å². The summed E-state index contributed by atoms with van der Waals surface area (Å²) in [4.78, 5) is 2.34. The maximum absolute atomic E-state index is 6.20. The van der Waals surface area contributed by atoms with Crippen molar-refractivity contribution in [3.63, 3.8) is 0 Å². The molecule has 1 heterocycles. The van der Waals surface area contributed by atoms with Gasteiger partial charge in [-0.15, -0.1) is 0 Å². The predicted octanol–water partition coefficient (Wildman–Crippen LogP) is 5.07. The fourth-order valence-electron chi connectivity index (χ4n) is 3.00. The van der Waals surface area contributed by atoms with Crippen LogP contribution in [0.4, 0.5) is 5.69 Å². The van der Waals surface area contributed by atoms with Gasteiger partial charge in [-0.1, -0.05) is 43.3 Å². The number of hydrogen-bond donors (Lipinski definition) is 0. The van der Waals surface area contributed by atoms with Crippen molar-refractivity contribution in [2.45, 2.75) is 26.7 Å². The monoisotopic (exact) mass is 293 g/mol. The first-order valence-electron chi connectivity index (χ1n) is 8.07. The highest BCUT2D eigenvalue weighted by molar-refractivity contribution is 5.68. The van der Waals surface area contributed by atoms with E-state index in [2.05, 4.69) is 62.1 Å². The summed E-state index contributed by atoms with van der Waals surface area (Å²) in [6.45, 7) is 8.60. The smallest absolute Gasteiger partial charge is 0.133 e. The van der Waals surface area contributed by atoms with Crippen LogP contribution in [0.15, 0.2) is 54.6 Å². The minimum atomic E-state index is 0.365. The summed E-state index contributed by atoms with van der Waals surface area (Å²) in [5, 5.41) is 0. The van der Waals surface area contributed by atoms with Gasteiger partial charge in [0, 0.05) is 41.9 Å². The number of anilines is 1. The van der Waals surface area contributed by atoms with E-state index in [9.17, 15) is 0 Å². The van der Waals surface area contributed by atoms with E-state index in [4.69, 9.17) is 4.74 Å². The van der Waals surface area contributed by atoms with Crippen LogP contribution >= 0.6 is 0 Å². The van der Waals surface area contributed by atoms with Crippen molar-refractivity contribution in [1.82, 2.24) is 0 Å². The third-order valence-corrected chi connectivity index (χ3v) is 4.30. The zero-order chi connectivity index (χ0) is 15.5. The predicted molar refractivity (Wildman–Crippen MR) is 93.5 cm³/mol. The van der Waals surface area contributed by atoms with Crippen LogP contribution in [0.2, 0.25) is 0 Å². The molecule has 1 aliphatic rings. The molecule has 0 saturated heterocycles. The molecule has 0 N–H and O–H groups in total. The van der Waals surface area contributed by atoms with Crippen LogP contribution < -0.4 is 9.64 Å². The molecule has 1 atom stereocenters. The van der Waals surface area contributed by atoms with Gasteiger partial charge >= 0.3 is 0 Å². The van der Waals surface area contributed by atoms with E-state index in [0.717, 1.165) is 30.2 Å². The Morgan fingerprint density at radius 1 is 1.00 bits per heavy atom. The van der Waals surface area contributed by atoms with Crippen molar-refractivity contribution in [2.75, 3.05) is 18.0 Å². The van der Waals surface area contributed by atoms with Crippen LogP contribution in [0.3, 0.4) is 0 Å². The van der Waals surface area contributed by atoms with Crippen LogP contribution in [0.5, 0.6) is 5.75 Å². The lowest BCUT2D eigenvalue weighted by molar-refractivity contribution is 0.490. The number of rotatable bonds is 4. The number of nitrogens with zero attached hydrogens (tertiary/aromatic N) is 1. The highest BCUT2D eigenvalue weighted by atomic mass is 16.5. The quantitative estimate of drug-likeness (QED) is 0.780. The van der Waals surface area contributed by atoms with Crippen LogP contribution in [-0.2, 0) is 0 Å². The molecular formula is C20H23NO. The molecule has 0 amide bonds. The molecule has 0 radical (unpaired) electrons. The van der Waals surface area contributed by atoms with Crippen LogP contribution in [-0.4, -0.2) is 13.1 Å². The molecule has 2 nitrogen and oxygen atoms in total. The number of hydrogen-bond acceptors (Lipinski definition) is 2. The van der Waals surface area contributed by atoms with E-state index in [-0.39, 0.29) is 0 Å². The van der Waals surface area contributed by atoms with E-state index >= 15 is 0 Å². The standard InChI is InChI=1S/C20H23NO/c1-4-21(5-2)17-11-12-18-15(3)13-19(22-20(18)14-17)16-9-7-6-8-10-16/h6-15H,4-5H2,1-3H3. The second-order valence-electron chi connectivity index (χ2n) is 5.68. The van der Waals surface area contributed by atoms with Crippen molar-refractivity contribution in [2.24, 2.45) is 0 Å². The lowest BCUT2D eigenvalue weighted by Crippen LogP contribution is -2.22. The summed E-state index contributed by atoms with van der Waals surface area (Å²) >= 11 is 0. The van der Waals surface area contributed by atoms with Gasteiger partial charge in [0.25, 0.3) is 0 Å². The molecule has 1 aliphatic heterocycles. The van der Waals surface area contributed by atoms with E-state index in [1.165, 1.54) is 11.3 Å². The Hall–Kier alpha value is -2.22. The van der Waals surface area contributed by atoms with E-state index in [1.54, 1.807) is 0 Å². The lowest BCUT2D eigenvalue weighted by Gasteiger charge is -2.26. The number of allylic oxidation sites excluding steroid dienone is 1. The van der Waals surface area contributed by atoms with Gasteiger partial charge in [0.05, 0.1) is 0 Å². The van der Waals surface area contributed by atoms with E-state index in [0.29, 0.717) is 5.92 Å². The van der Waals surface area contributed by atoms with Crippen molar-refractivity contribution in [3.8, 4) is 5.75 Å². The summed E-state index contributed by atoms with van der Waals surface area (Å²) < 4.78 is 6.20. The van der Waals surface area contributed by atoms with Gasteiger partial charge in [0.2, 0.25) is 0 Å². The average molecular weight is 293 g/mol. The molecule has 0 aliphatic carbocycles. The summed E-state index contributed by atoms with van der Waals surface area (Å²) in [6, 6.07) is 16.9. The zero-order valence-electron chi connectivity index (χ0n) is 13.5. The minimum absolute atomic E-state index is 0.365. The second-order valence-corrected chi connectivity index (χ2v) is 5.68. The van der Waals surface area contributed by atoms with Crippen molar-refractivity contribution < 1.29 is 4.74 Å². The first kappa shape index (κ1) is 14.7. The summed E-state index contributed by atoms with van der Waals surface area (Å²) in [7, 11) is 0. The van der Waals surface area contributed by atoms with Gasteiger partial charge < -0.3 is 9.64 Å². The molecule has 2 aromatic carbocycles. The molecule has 0 fully saturated rings. The maximum atomic E-state index is 6.20. The van der Waals surface area contributed by atoms with E-state index in [1.807, 2.05) is 18.2 Å². The zero-order valence-corrected chi connectivity index (χ0v) is 13.5. The summed E-state index contributed by atoms with van der Waals surface area (Å²) in [6.07, 6.45) is 2.20. The highest BCUT2D eigenvalue weighted by Gasteiger charge is 2.20. The van der Waals surface area contributed by atoms with Gasteiger partial charge in [0.1, 0.15) is 11.5 Å². The number of fused-ring (bicyclic) bond motifs is 1. The Morgan fingerprint density at radius 2 is 1.73 bits per heavy atom. The van der Waals surface area contributed by atoms with Gasteiger partial charge in [-0.3, -0.25) is 0 Å². The maximum Gasteiger partial charge on any atom is 0.133 e. The topological polar surface area (TPSA) is 12.5 Å². The van der Waals surface area contributed by atoms with E-state index < -0.39 is 0 Å². The third-order valence-electron chi connectivity index (χ3n) is 4.30. The Morgan fingerprint density at radius 3 is 2.41 bits per heavy atom. The molecule has 2 aromatic rings. The SMILES string of the molecule is CCN(CC)c1ccc2c(c1)OC(c1ccccc1)=CC2C.